The predicted molar refractivity (Wildman–Crippen MR) is 121 cm³/mol. The summed E-state index contributed by atoms with van der Waals surface area (Å²) >= 11 is 0. The van der Waals surface area contributed by atoms with Gasteiger partial charge in [0, 0.05) is 44.3 Å². The number of pyridine rings is 1. The Balaban J connectivity index is 1.82. The fourth-order valence-corrected chi connectivity index (χ4v) is 4.51. The van der Waals surface area contributed by atoms with Crippen molar-refractivity contribution in [2.45, 2.75) is 33.1 Å². The summed E-state index contributed by atoms with van der Waals surface area (Å²) in [7, 11) is 4.14. The number of benzene rings is 1. The van der Waals surface area contributed by atoms with Crippen LogP contribution in [0.1, 0.15) is 32.3 Å². The Morgan fingerprint density at radius 2 is 1.90 bits per heavy atom. The standard InChI is InChI=1S/C25H35N3O2/c1-24(2,19-28(3)4)18-27-23(29)25(11-14-30-15-12-25)16-20-8-5-6-10-22(20)21-9-7-13-26-17-21/h5-10,13,17H,11-12,14-16,18-19H2,1-4H3,(H,27,29). The molecule has 2 aromatic rings. The van der Waals surface area contributed by atoms with E-state index in [1.54, 1.807) is 6.20 Å². The molecular weight excluding hydrogens is 374 g/mol. The Morgan fingerprint density at radius 1 is 1.17 bits per heavy atom. The van der Waals surface area contributed by atoms with Crippen LogP contribution in [0.3, 0.4) is 0 Å². The van der Waals surface area contributed by atoms with E-state index in [1.807, 2.05) is 18.3 Å². The third-order valence-corrected chi connectivity index (χ3v) is 5.92. The van der Waals surface area contributed by atoms with E-state index in [1.165, 1.54) is 5.56 Å². The van der Waals surface area contributed by atoms with Crippen molar-refractivity contribution >= 4 is 5.91 Å². The predicted octanol–water partition coefficient (Wildman–Crippen LogP) is 3.79. The van der Waals surface area contributed by atoms with Gasteiger partial charge in [-0.2, -0.15) is 0 Å². The molecule has 5 heteroatoms. The van der Waals surface area contributed by atoms with Crippen molar-refractivity contribution in [3.05, 3.63) is 54.4 Å². The van der Waals surface area contributed by atoms with Crippen LogP contribution >= 0.6 is 0 Å². The number of ether oxygens (including phenoxy) is 1. The lowest BCUT2D eigenvalue weighted by atomic mass is 9.73. The fraction of sp³-hybridized carbons (Fsp3) is 0.520. The number of hydrogen-bond donors (Lipinski definition) is 1. The van der Waals surface area contributed by atoms with Crippen molar-refractivity contribution in [1.82, 2.24) is 15.2 Å². The largest absolute Gasteiger partial charge is 0.381 e. The Bertz CT molecular complexity index is 827. The average molecular weight is 410 g/mol. The summed E-state index contributed by atoms with van der Waals surface area (Å²) in [6.45, 7) is 7.24. The van der Waals surface area contributed by atoms with Crippen molar-refractivity contribution in [1.29, 1.82) is 0 Å². The van der Waals surface area contributed by atoms with E-state index in [-0.39, 0.29) is 11.3 Å². The van der Waals surface area contributed by atoms with Crippen LogP contribution in [0.15, 0.2) is 48.8 Å². The van der Waals surface area contributed by atoms with Crippen LogP contribution in [-0.4, -0.2) is 56.2 Å². The van der Waals surface area contributed by atoms with Crippen LogP contribution in [0.25, 0.3) is 11.1 Å². The van der Waals surface area contributed by atoms with Crippen LogP contribution in [-0.2, 0) is 16.0 Å². The second-order valence-electron chi connectivity index (χ2n) is 9.55. The molecule has 0 atom stereocenters. The topological polar surface area (TPSA) is 54.5 Å². The molecule has 0 saturated carbocycles. The van der Waals surface area contributed by atoms with Gasteiger partial charge in [0.25, 0.3) is 0 Å². The molecule has 1 aromatic carbocycles. The molecule has 30 heavy (non-hydrogen) atoms. The van der Waals surface area contributed by atoms with Crippen LogP contribution in [0.5, 0.6) is 0 Å². The zero-order chi connectivity index (χ0) is 21.6. The molecule has 1 saturated heterocycles. The molecule has 0 aliphatic carbocycles. The zero-order valence-corrected chi connectivity index (χ0v) is 18.8. The Hall–Kier alpha value is -2.24. The number of nitrogens with one attached hydrogen (secondary N) is 1. The maximum Gasteiger partial charge on any atom is 0.226 e. The van der Waals surface area contributed by atoms with Crippen LogP contribution in [0, 0.1) is 10.8 Å². The van der Waals surface area contributed by atoms with E-state index >= 15 is 0 Å². The number of amides is 1. The summed E-state index contributed by atoms with van der Waals surface area (Å²) in [5.74, 6) is 0.152. The molecule has 0 spiro atoms. The van der Waals surface area contributed by atoms with Gasteiger partial charge in [0.05, 0.1) is 5.41 Å². The molecule has 1 N–H and O–H groups in total. The molecule has 1 aliphatic heterocycles. The molecule has 1 aromatic heterocycles. The van der Waals surface area contributed by atoms with E-state index < -0.39 is 5.41 Å². The molecule has 1 amide bonds. The van der Waals surface area contributed by atoms with Crippen LogP contribution in [0.2, 0.25) is 0 Å². The summed E-state index contributed by atoms with van der Waals surface area (Å²) in [5.41, 5.74) is 3.00. The number of carbonyl (C=O) groups excluding carboxylic acids is 1. The lowest BCUT2D eigenvalue weighted by Crippen LogP contribution is -2.49. The number of carbonyl (C=O) groups is 1. The van der Waals surface area contributed by atoms with Crippen molar-refractivity contribution in [3.63, 3.8) is 0 Å². The number of nitrogens with zero attached hydrogens (tertiary/aromatic N) is 2. The van der Waals surface area contributed by atoms with Gasteiger partial charge in [0.1, 0.15) is 0 Å². The maximum absolute atomic E-state index is 13.5. The molecule has 1 fully saturated rings. The molecule has 1 aliphatic rings. The lowest BCUT2D eigenvalue weighted by Gasteiger charge is -2.38. The normalized spacial score (nSPS) is 16.4. The van der Waals surface area contributed by atoms with Crippen LogP contribution in [0.4, 0.5) is 0 Å². The van der Waals surface area contributed by atoms with Gasteiger partial charge < -0.3 is 15.0 Å². The summed E-state index contributed by atoms with van der Waals surface area (Å²) in [5, 5.41) is 3.28. The highest BCUT2D eigenvalue weighted by Gasteiger charge is 2.41. The number of aromatic nitrogens is 1. The maximum atomic E-state index is 13.5. The fourth-order valence-electron chi connectivity index (χ4n) is 4.51. The number of hydrogen-bond acceptors (Lipinski definition) is 4. The lowest BCUT2D eigenvalue weighted by molar-refractivity contribution is -0.137. The average Bonchev–Trinajstić information content (AvgIpc) is 2.73. The highest BCUT2D eigenvalue weighted by molar-refractivity contribution is 5.83. The smallest absolute Gasteiger partial charge is 0.226 e. The van der Waals surface area contributed by atoms with Gasteiger partial charge in [0.2, 0.25) is 5.91 Å². The quantitative estimate of drug-likeness (QED) is 0.721. The van der Waals surface area contributed by atoms with Gasteiger partial charge in [-0.25, -0.2) is 0 Å². The Morgan fingerprint density at radius 3 is 2.57 bits per heavy atom. The summed E-state index contributed by atoms with van der Waals surface area (Å²) < 4.78 is 5.63. The first kappa shape index (κ1) is 22.4. The molecule has 0 unspecified atom stereocenters. The monoisotopic (exact) mass is 409 g/mol. The summed E-state index contributed by atoms with van der Waals surface area (Å²) in [6.07, 6.45) is 5.87. The van der Waals surface area contributed by atoms with Gasteiger partial charge in [-0.3, -0.25) is 9.78 Å². The summed E-state index contributed by atoms with van der Waals surface area (Å²) in [4.78, 5) is 20.0. The molecule has 3 rings (SSSR count). The van der Waals surface area contributed by atoms with Gasteiger partial charge in [-0.15, -0.1) is 0 Å². The molecule has 0 radical (unpaired) electrons. The van der Waals surface area contributed by atoms with Gasteiger partial charge in [-0.05, 0) is 56.0 Å². The number of rotatable bonds is 8. The van der Waals surface area contributed by atoms with E-state index in [4.69, 9.17) is 4.74 Å². The van der Waals surface area contributed by atoms with Crippen molar-refractivity contribution < 1.29 is 9.53 Å². The van der Waals surface area contributed by atoms with Crippen molar-refractivity contribution in [2.24, 2.45) is 10.8 Å². The molecule has 162 valence electrons. The SMILES string of the molecule is CN(C)CC(C)(C)CNC(=O)C1(Cc2ccccc2-c2cccnc2)CCOCC1. The first-order valence-electron chi connectivity index (χ1n) is 10.8. The van der Waals surface area contributed by atoms with E-state index in [2.05, 4.69) is 67.4 Å². The first-order valence-corrected chi connectivity index (χ1v) is 10.8. The highest BCUT2D eigenvalue weighted by atomic mass is 16.5. The van der Waals surface area contributed by atoms with Crippen molar-refractivity contribution in [2.75, 3.05) is 40.4 Å². The van der Waals surface area contributed by atoms with E-state index in [0.29, 0.717) is 26.2 Å². The van der Waals surface area contributed by atoms with E-state index in [9.17, 15) is 4.79 Å². The minimum Gasteiger partial charge on any atom is -0.381 e. The minimum absolute atomic E-state index is 0.0130. The van der Waals surface area contributed by atoms with Gasteiger partial charge >= 0.3 is 0 Å². The van der Waals surface area contributed by atoms with Gasteiger partial charge in [-0.1, -0.05) is 44.2 Å². The third-order valence-electron chi connectivity index (χ3n) is 5.92. The molecule has 0 bridgehead atoms. The molecule has 2 heterocycles. The Labute approximate surface area is 180 Å². The van der Waals surface area contributed by atoms with Gasteiger partial charge in [0.15, 0.2) is 0 Å². The highest BCUT2D eigenvalue weighted by Crippen LogP contribution is 2.37. The Kier molecular flexibility index (Phi) is 7.27. The van der Waals surface area contributed by atoms with Crippen molar-refractivity contribution in [3.8, 4) is 11.1 Å². The van der Waals surface area contributed by atoms with Crippen LogP contribution < -0.4 is 5.32 Å². The first-order chi connectivity index (χ1) is 14.3. The minimum atomic E-state index is -0.440. The second kappa shape index (κ2) is 9.71. The molecule has 5 nitrogen and oxygen atoms in total. The van der Waals surface area contributed by atoms with E-state index in [0.717, 1.165) is 30.5 Å². The summed E-state index contributed by atoms with van der Waals surface area (Å²) in [6, 6.07) is 12.4. The molecular formula is C25H35N3O2. The third kappa shape index (κ3) is 5.67. The zero-order valence-electron chi connectivity index (χ0n) is 18.8. The second-order valence-corrected chi connectivity index (χ2v) is 9.55.